The normalized spacial score (nSPS) is 16.9. The average Bonchev–Trinajstić information content (AvgIpc) is 2.68. The highest BCUT2D eigenvalue weighted by atomic mass is 32.2. The molecule has 0 spiro atoms. The van der Waals surface area contributed by atoms with Crippen LogP contribution in [0.4, 0.5) is 0 Å². The van der Waals surface area contributed by atoms with Gasteiger partial charge in [0.2, 0.25) is 0 Å². The molecule has 1 saturated heterocycles. The van der Waals surface area contributed by atoms with Gasteiger partial charge in [0.25, 0.3) is 5.91 Å². The molecule has 0 aliphatic carbocycles. The van der Waals surface area contributed by atoms with Gasteiger partial charge in [-0.15, -0.1) is 0 Å². The van der Waals surface area contributed by atoms with Crippen molar-refractivity contribution in [2.45, 2.75) is 43.9 Å². The van der Waals surface area contributed by atoms with Crippen LogP contribution in [0.15, 0.2) is 53.4 Å². The number of rotatable bonds is 4. The highest BCUT2D eigenvalue weighted by molar-refractivity contribution is 7.91. The van der Waals surface area contributed by atoms with E-state index in [0.29, 0.717) is 29.1 Å². The smallest absolute Gasteiger partial charge is 0.253 e. The van der Waals surface area contributed by atoms with Crippen LogP contribution in [0.2, 0.25) is 0 Å². The molecule has 1 fully saturated rings. The van der Waals surface area contributed by atoms with Crippen molar-refractivity contribution in [2.24, 2.45) is 0 Å². The van der Waals surface area contributed by atoms with Crippen molar-refractivity contribution < 1.29 is 13.2 Å². The van der Waals surface area contributed by atoms with Crippen molar-refractivity contribution in [1.29, 1.82) is 0 Å². The number of sulfone groups is 1. The molecule has 5 heteroatoms. The monoisotopic (exact) mass is 385 g/mol. The van der Waals surface area contributed by atoms with Gasteiger partial charge in [-0.2, -0.15) is 0 Å². The lowest BCUT2D eigenvalue weighted by Gasteiger charge is -2.40. The maximum absolute atomic E-state index is 12.9. The maximum atomic E-state index is 12.9. The van der Waals surface area contributed by atoms with Crippen molar-refractivity contribution in [1.82, 2.24) is 4.90 Å². The van der Waals surface area contributed by atoms with Crippen LogP contribution in [-0.2, 0) is 15.3 Å². The molecule has 0 atom stereocenters. The topological polar surface area (TPSA) is 54.5 Å². The van der Waals surface area contributed by atoms with E-state index in [1.54, 1.807) is 32.0 Å². The molecule has 4 nitrogen and oxygen atoms in total. The van der Waals surface area contributed by atoms with Gasteiger partial charge in [0.05, 0.1) is 10.6 Å². The Morgan fingerprint density at radius 3 is 2.26 bits per heavy atom. The van der Waals surface area contributed by atoms with Crippen LogP contribution >= 0.6 is 0 Å². The number of amides is 1. The van der Waals surface area contributed by atoms with Gasteiger partial charge in [0.15, 0.2) is 9.84 Å². The number of hydrogen-bond donors (Lipinski definition) is 0. The highest BCUT2D eigenvalue weighted by Crippen LogP contribution is 2.35. The summed E-state index contributed by atoms with van der Waals surface area (Å²) in [4.78, 5) is 15.1. The number of piperidine rings is 1. The van der Waals surface area contributed by atoms with E-state index in [-0.39, 0.29) is 17.1 Å². The fourth-order valence-corrected chi connectivity index (χ4v) is 4.94. The Balaban J connectivity index is 1.74. The second-order valence-electron chi connectivity index (χ2n) is 7.60. The molecule has 2 aromatic carbocycles. The van der Waals surface area contributed by atoms with Crippen molar-refractivity contribution in [3.05, 3.63) is 65.2 Å². The molecule has 27 heavy (non-hydrogen) atoms. The molecular formula is C22H27NO3S. The third-order valence-electron chi connectivity index (χ3n) is 5.76. The van der Waals surface area contributed by atoms with Crippen molar-refractivity contribution in [2.75, 3.05) is 18.8 Å². The van der Waals surface area contributed by atoms with Gasteiger partial charge in [-0.05, 0) is 54.5 Å². The molecule has 0 N–H and O–H groups in total. The Morgan fingerprint density at radius 1 is 1.07 bits per heavy atom. The van der Waals surface area contributed by atoms with E-state index in [0.717, 1.165) is 12.8 Å². The predicted octanol–water partition coefficient (Wildman–Crippen LogP) is 3.98. The van der Waals surface area contributed by atoms with E-state index < -0.39 is 9.84 Å². The Hall–Kier alpha value is -2.14. The van der Waals surface area contributed by atoms with Crippen LogP contribution in [0.3, 0.4) is 0 Å². The largest absolute Gasteiger partial charge is 0.339 e. The van der Waals surface area contributed by atoms with Crippen LogP contribution in [-0.4, -0.2) is 38.1 Å². The van der Waals surface area contributed by atoms with Crippen LogP contribution in [0.1, 0.15) is 48.2 Å². The van der Waals surface area contributed by atoms with E-state index in [9.17, 15) is 13.2 Å². The molecule has 1 aliphatic rings. The van der Waals surface area contributed by atoms with E-state index in [1.165, 1.54) is 5.56 Å². The molecule has 0 saturated carbocycles. The number of likely N-dealkylation sites (tertiary alicyclic amines) is 1. The summed E-state index contributed by atoms with van der Waals surface area (Å²) in [7, 11) is -3.27. The highest BCUT2D eigenvalue weighted by Gasteiger charge is 2.33. The van der Waals surface area contributed by atoms with Gasteiger partial charge in [0.1, 0.15) is 0 Å². The Morgan fingerprint density at radius 2 is 1.70 bits per heavy atom. The van der Waals surface area contributed by atoms with Crippen LogP contribution < -0.4 is 0 Å². The molecule has 2 aromatic rings. The number of aryl methyl sites for hydroxylation is 1. The maximum Gasteiger partial charge on any atom is 0.253 e. The van der Waals surface area contributed by atoms with Gasteiger partial charge < -0.3 is 4.90 Å². The summed E-state index contributed by atoms with van der Waals surface area (Å²) in [5.74, 6) is 0.0411. The Bertz CT molecular complexity index is 927. The Labute approximate surface area is 162 Å². The summed E-state index contributed by atoms with van der Waals surface area (Å²) in [6.45, 7) is 7.06. The minimum Gasteiger partial charge on any atom is -0.339 e. The second-order valence-corrected chi connectivity index (χ2v) is 9.85. The molecule has 0 radical (unpaired) electrons. The minimum absolute atomic E-state index is 0.0198. The molecule has 1 aliphatic heterocycles. The summed E-state index contributed by atoms with van der Waals surface area (Å²) in [6, 6.07) is 15.4. The van der Waals surface area contributed by atoms with Crippen LogP contribution in [0.5, 0.6) is 0 Å². The third kappa shape index (κ3) is 3.93. The van der Waals surface area contributed by atoms with Crippen LogP contribution in [0.25, 0.3) is 0 Å². The number of carbonyl (C=O) groups is 1. The van der Waals surface area contributed by atoms with E-state index in [4.69, 9.17) is 0 Å². The summed E-state index contributed by atoms with van der Waals surface area (Å²) < 4.78 is 24.2. The minimum atomic E-state index is -3.27. The number of benzene rings is 2. The molecule has 0 aromatic heterocycles. The molecule has 1 heterocycles. The van der Waals surface area contributed by atoms with Crippen molar-refractivity contribution in [3.63, 3.8) is 0 Å². The van der Waals surface area contributed by atoms with Gasteiger partial charge in [-0.1, -0.05) is 44.2 Å². The fraction of sp³-hybridized carbons (Fsp3) is 0.409. The molecule has 144 valence electrons. The number of hydrogen-bond acceptors (Lipinski definition) is 3. The van der Waals surface area contributed by atoms with Gasteiger partial charge in [0, 0.05) is 18.7 Å². The molecule has 0 bridgehead atoms. The summed E-state index contributed by atoms with van der Waals surface area (Å²) in [5, 5.41) is 0. The standard InChI is InChI=1S/C22H27NO3S/c1-4-27(25,26)20-11-10-18(16-17(20)2)21(24)23-14-12-22(3,13-15-23)19-8-6-5-7-9-19/h5-11,16H,4,12-15H2,1-3H3. The molecular weight excluding hydrogens is 358 g/mol. The summed E-state index contributed by atoms with van der Waals surface area (Å²) in [5.41, 5.74) is 2.61. The SMILES string of the molecule is CCS(=O)(=O)c1ccc(C(=O)N2CCC(C)(c3ccccc3)CC2)cc1C. The lowest BCUT2D eigenvalue weighted by molar-refractivity contribution is 0.0676. The van der Waals surface area contributed by atoms with Gasteiger partial charge in [-0.25, -0.2) is 8.42 Å². The zero-order chi connectivity index (χ0) is 19.7. The van der Waals surface area contributed by atoms with Gasteiger partial charge in [-0.3, -0.25) is 4.79 Å². The molecule has 3 rings (SSSR count). The van der Waals surface area contributed by atoms with E-state index in [2.05, 4.69) is 31.2 Å². The first-order valence-corrected chi connectivity index (χ1v) is 11.1. The van der Waals surface area contributed by atoms with Crippen molar-refractivity contribution >= 4 is 15.7 Å². The zero-order valence-corrected chi connectivity index (χ0v) is 17.1. The molecule has 0 unspecified atom stereocenters. The zero-order valence-electron chi connectivity index (χ0n) is 16.2. The quantitative estimate of drug-likeness (QED) is 0.800. The summed E-state index contributed by atoms with van der Waals surface area (Å²) in [6.07, 6.45) is 1.84. The predicted molar refractivity (Wildman–Crippen MR) is 108 cm³/mol. The number of carbonyl (C=O) groups excluding carboxylic acids is 1. The lowest BCUT2D eigenvalue weighted by atomic mass is 9.74. The van der Waals surface area contributed by atoms with Crippen molar-refractivity contribution in [3.8, 4) is 0 Å². The first-order chi connectivity index (χ1) is 12.8. The van der Waals surface area contributed by atoms with E-state index >= 15 is 0 Å². The van der Waals surface area contributed by atoms with Gasteiger partial charge >= 0.3 is 0 Å². The fourth-order valence-electron chi connectivity index (χ4n) is 3.80. The van der Waals surface area contributed by atoms with Crippen LogP contribution in [0, 0.1) is 6.92 Å². The average molecular weight is 386 g/mol. The third-order valence-corrected chi connectivity index (χ3v) is 7.65. The van der Waals surface area contributed by atoms with E-state index in [1.807, 2.05) is 11.0 Å². The number of nitrogens with zero attached hydrogens (tertiary/aromatic N) is 1. The molecule has 1 amide bonds. The first-order valence-electron chi connectivity index (χ1n) is 9.45. The lowest BCUT2D eigenvalue weighted by Crippen LogP contribution is -2.43. The summed E-state index contributed by atoms with van der Waals surface area (Å²) >= 11 is 0. The first kappa shape index (κ1) is 19.6. The Kier molecular flexibility index (Phi) is 5.43. The second kappa shape index (κ2) is 7.47.